The van der Waals surface area contributed by atoms with Crippen LogP contribution in [0.4, 0.5) is 0 Å². The predicted octanol–water partition coefficient (Wildman–Crippen LogP) is 0.962. The van der Waals surface area contributed by atoms with Crippen molar-refractivity contribution in [3.05, 3.63) is 0 Å². The first-order valence-corrected chi connectivity index (χ1v) is 6.22. The van der Waals surface area contributed by atoms with Gasteiger partial charge in [-0.05, 0) is 26.7 Å². The second-order valence-corrected chi connectivity index (χ2v) is 4.15. The zero-order valence-corrected chi connectivity index (χ0v) is 11.0. The van der Waals surface area contributed by atoms with Crippen LogP contribution >= 0.6 is 0 Å². The Kier molecular flexibility index (Phi) is 8.40. The molecule has 0 heterocycles. The minimum absolute atomic E-state index is 0.0604. The van der Waals surface area contributed by atoms with E-state index < -0.39 is 6.04 Å². The average Bonchev–Trinajstić information content (AvgIpc) is 2.27. The normalized spacial score (nSPS) is 13.9. The third kappa shape index (κ3) is 7.74. The van der Waals surface area contributed by atoms with Crippen molar-refractivity contribution in [1.29, 1.82) is 0 Å². The zero-order chi connectivity index (χ0) is 13.3. The lowest BCUT2D eigenvalue weighted by Gasteiger charge is -2.16. The summed E-state index contributed by atoms with van der Waals surface area (Å²) in [5, 5.41) is 2.79. The molecule has 0 fully saturated rings. The topological polar surface area (TPSA) is 81.4 Å². The van der Waals surface area contributed by atoms with Gasteiger partial charge in [-0.1, -0.05) is 13.3 Å². The third-order valence-corrected chi connectivity index (χ3v) is 2.41. The van der Waals surface area contributed by atoms with Crippen molar-refractivity contribution in [2.75, 3.05) is 6.61 Å². The van der Waals surface area contributed by atoms with Gasteiger partial charge in [0.1, 0.15) is 0 Å². The molecule has 0 bridgehead atoms. The fourth-order valence-electron chi connectivity index (χ4n) is 1.43. The average molecular weight is 244 g/mol. The fraction of sp³-hybridized carbons (Fsp3) is 0.833. The van der Waals surface area contributed by atoms with Crippen LogP contribution in [0.1, 0.15) is 46.5 Å². The van der Waals surface area contributed by atoms with Gasteiger partial charge in [0.2, 0.25) is 5.91 Å². The number of nitrogens with one attached hydrogen (secondary N) is 1. The number of nitrogens with two attached hydrogens (primary N) is 1. The van der Waals surface area contributed by atoms with Gasteiger partial charge in [-0.25, -0.2) is 0 Å². The molecule has 2 unspecified atom stereocenters. The van der Waals surface area contributed by atoms with Crippen molar-refractivity contribution >= 4 is 11.9 Å². The van der Waals surface area contributed by atoms with Crippen LogP contribution in [0.2, 0.25) is 0 Å². The summed E-state index contributed by atoms with van der Waals surface area (Å²) in [4.78, 5) is 22.7. The van der Waals surface area contributed by atoms with Crippen LogP contribution in [-0.2, 0) is 14.3 Å². The monoisotopic (exact) mass is 244 g/mol. The first-order valence-electron chi connectivity index (χ1n) is 6.22. The van der Waals surface area contributed by atoms with E-state index >= 15 is 0 Å². The Balaban J connectivity index is 3.81. The van der Waals surface area contributed by atoms with E-state index in [9.17, 15) is 9.59 Å². The van der Waals surface area contributed by atoms with Crippen molar-refractivity contribution in [3.8, 4) is 0 Å². The smallest absolute Gasteiger partial charge is 0.305 e. The highest BCUT2D eigenvalue weighted by Crippen LogP contribution is 2.00. The molecule has 2 atom stereocenters. The van der Waals surface area contributed by atoms with Crippen LogP contribution < -0.4 is 11.1 Å². The first-order chi connectivity index (χ1) is 8.01. The van der Waals surface area contributed by atoms with E-state index in [0.29, 0.717) is 25.9 Å². The van der Waals surface area contributed by atoms with E-state index in [1.165, 1.54) is 0 Å². The molecule has 5 heteroatoms. The van der Waals surface area contributed by atoms with E-state index in [-0.39, 0.29) is 17.9 Å². The maximum atomic E-state index is 11.6. The summed E-state index contributed by atoms with van der Waals surface area (Å²) < 4.78 is 4.81. The van der Waals surface area contributed by atoms with Gasteiger partial charge in [-0.15, -0.1) is 0 Å². The van der Waals surface area contributed by atoms with E-state index in [1.54, 1.807) is 6.92 Å². The van der Waals surface area contributed by atoms with Gasteiger partial charge in [0.05, 0.1) is 12.6 Å². The molecule has 0 aromatic carbocycles. The standard InChI is InChI=1S/C12H24N2O3/c1-4-6-10(13)12(16)14-9(3)7-8-11(15)17-5-2/h9-10H,4-8,13H2,1-3H3,(H,14,16). The molecular formula is C12H24N2O3. The summed E-state index contributed by atoms with van der Waals surface area (Å²) in [6.45, 7) is 6.00. The highest BCUT2D eigenvalue weighted by Gasteiger charge is 2.15. The second-order valence-electron chi connectivity index (χ2n) is 4.15. The first kappa shape index (κ1) is 15.9. The Labute approximate surface area is 103 Å². The maximum Gasteiger partial charge on any atom is 0.305 e. The van der Waals surface area contributed by atoms with Crippen molar-refractivity contribution in [1.82, 2.24) is 5.32 Å². The lowest BCUT2D eigenvalue weighted by Crippen LogP contribution is -2.44. The van der Waals surface area contributed by atoms with E-state index in [0.717, 1.165) is 6.42 Å². The summed E-state index contributed by atoms with van der Waals surface area (Å²) in [5.41, 5.74) is 5.68. The summed E-state index contributed by atoms with van der Waals surface area (Å²) in [6, 6.07) is -0.514. The van der Waals surface area contributed by atoms with Gasteiger partial charge in [0.15, 0.2) is 0 Å². The Morgan fingerprint density at radius 1 is 1.29 bits per heavy atom. The van der Waals surface area contributed by atoms with Gasteiger partial charge in [-0.2, -0.15) is 0 Å². The molecule has 0 aliphatic heterocycles. The Bertz CT molecular complexity index is 244. The summed E-state index contributed by atoms with van der Waals surface area (Å²) in [7, 11) is 0. The van der Waals surface area contributed by atoms with Gasteiger partial charge in [0, 0.05) is 12.5 Å². The summed E-state index contributed by atoms with van der Waals surface area (Å²) >= 11 is 0. The lowest BCUT2D eigenvalue weighted by molar-refractivity contribution is -0.143. The fourth-order valence-corrected chi connectivity index (χ4v) is 1.43. The largest absolute Gasteiger partial charge is 0.466 e. The van der Waals surface area contributed by atoms with Crippen LogP contribution in [0.3, 0.4) is 0 Å². The molecule has 0 aliphatic carbocycles. The second kappa shape index (κ2) is 8.98. The third-order valence-electron chi connectivity index (χ3n) is 2.41. The molecule has 3 N–H and O–H groups in total. The number of rotatable bonds is 8. The number of ether oxygens (including phenoxy) is 1. The molecular weight excluding hydrogens is 220 g/mol. The minimum atomic E-state index is -0.454. The molecule has 17 heavy (non-hydrogen) atoms. The van der Waals surface area contributed by atoms with Gasteiger partial charge in [0.25, 0.3) is 0 Å². The number of carbonyl (C=O) groups excluding carboxylic acids is 2. The van der Waals surface area contributed by atoms with Crippen molar-refractivity contribution in [2.45, 2.75) is 58.5 Å². The minimum Gasteiger partial charge on any atom is -0.466 e. The maximum absolute atomic E-state index is 11.6. The zero-order valence-electron chi connectivity index (χ0n) is 11.0. The number of esters is 1. The van der Waals surface area contributed by atoms with Crippen LogP contribution in [0.25, 0.3) is 0 Å². The van der Waals surface area contributed by atoms with Crippen LogP contribution in [0.15, 0.2) is 0 Å². The highest BCUT2D eigenvalue weighted by molar-refractivity contribution is 5.81. The summed E-state index contributed by atoms with van der Waals surface area (Å²) in [5.74, 6) is -0.380. The van der Waals surface area contributed by atoms with Crippen molar-refractivity contribution < 1.29 is 14.3 Å². The Morgan fingerprint density at radius 3 is 2.47 bits per heavy atom. The molecule has 0 aromatic heterocycles. The Hall–Kier alpha value is -1.10. The highest BCUT2D eigenvalue weighted by atomic mass is 16.5. The quantitative estimate of drug-likeness (QED) is 0.623. The Morgan fingerprint density at radius 2 is 1.94 bits per heavy atom. The molecule has 0 spiro atoms. The van der Waals surface area contributed by atoms with E-state index in [2.05, 4.69) is 5.32 Å². The molecule has 0 rings (SSSR count). The van der Waals surface area contributed by atoms with Crippen LogP contribution in [0, 0.1) is 0 Å². The lowest BCUT2D eigenvalue weighted by atomic mass is 10.1. The molecule has 0 saturated carbocycles. The predicted molar refractivity (Wildman–Crippen MR) is 66.4 cm³/mol. The summed E-state index contributed by atoms with van der Waals surface area (Å²) in [6.07, 6.45) is 2.45. The number of hydrogen-bond donors (Lipinski definition) is 2. The number of carbonyl (C=O) groups is 2. The molecule has 0 aromatic rings. The van der Waals surface area contributed by atoms with Gasteiger partial charge in [-0.3, -0.25) is 9.59 Å². The number of hydrogen-bond acceptors (Lipinski definition) is 4. The molecule has 1 amide bonds. The van der Waals surface area contributed by atoms with Crippen molar-refractivity contribution in [2.24, 2.45) is 5.73 Å². The van der Waals surface area contributed by atoms with E-state index in [1.807, 2.05) is 13.8 Å². The molecule has 0 aliphatic rings. The molecule has 0 radical (unpaired) electrons. The van der Waals surface area contributed by atoms with Gasteiger partial charge >= 0.3 is 5.97 Å². The van der Waals surface area contributed by atoms with Crippen molar-refractivity contribution in [3.63, 3.8) is 0 Å². The number of amides is 1. The van der Waals surface area contributed by atoms with Crippen LogP contribution in [0.5, 0.6) is 0 Å². The molecule has 0 saturated heterocycles. The SMILES string of the molecule is CCCC(N)C(=O)NC(C)CCC(=O)OCC. The van der Waals surface area contributed by atoms with E-state index in [4.69, 9.17) is 10.5 Å². The molecule has 5 nitrogen and oxygen atoms in total. The van der Waals surface area contributed by atoms with Gasteiger partial charge < -0.3 is 15.8 Å². The van der Waals surface area contributed by atoms with Crippen LogP contribution in [-0.4, -0.2) is 30.6 Å². The molecule has 100 valence electrons.